The Bertz CT molecular complexity index is 699. The van der Waals surface area contributed by atoms with Gasteiger partial charge in [-0.15, -0.1) is 11.3 Å². The van der Waals surface area contributed by atoms with Gasteiger partial charge >= 0.3 is 5.97 Å². The van der Waals surface area contributed by atoms with Crippen LogP contribution < -0.4 is 0 Å². The predicted octanol–water partition coefficient (Wildman–Crippen LogP) is 1.43. The molecule has 6 nitrogen and oxygen atoms in total. The number of aliphatic carboxylic acids is 1. The highest BCUT2D eigenvalue weighted by atomic mass is 32.1. The van der Waals surface area contributed by atoms with Crippen LogP contribution in [0.25, 0.3) is 4.96 Å². The molecule has 21 heavy (non-hydrogen) atoms. The van der Waals surface area contributed by atoms with Crippen molar-refractivity contribution in [1.29, 1.82) is 0 Å². The average Bonchev–Trinajstić information content (AvgIpc) is 2.88. The summed E-state index contributed by atoms with van der Waals surface area (Å²) in [5.74, 6) is -1.06. The van der Waals surface area contributed by atoms with E-state index in [9.17, 15) is 9.59 Å². The van der Waals surface area contributed by atoms with Crippen LogP contribution in [0.1, 0.15) is 18.3 Å². The van der Waals surface area contributed by atoms with Crippen LogP contribution in [0.2, 0.25) is 0 Å². The molecule has 1 saturated heterocycles. The smallest absolute Gasteiger partial charge is 0.306 e. The number of carbonyl (C=O) groups is 2. The molecule has 3 heterocycles. The molecule has 0 saturated carbocycles. The van der Waals surface area contributed by atoms with E-state index in [0.717, 1.165) is 16.3 Å². The van der Waals surface area contributed by atoms with Crippen molar-refractivity contribution >= 4 is 28.2 Å². The zero-order chi connectivity index (χ0) is 15.1. The Morgan fingerprint density at radius 2 is 2.24 bits per heavy atom. The Hall–Kier alpha value is -1.89. The van der Waals surface area contributed by atoms with Gasteiger partial charge in [0.2, 0.25) is 5.91 Å². The van der Waals surface area contributed by atoms with Crippen LogP contribution in [0.4, 0.5) is 0 Å². The monoisotopic (exact) mass is 307 g/mol. The van der Waals surface area contributed by atoms with Gasteiger partial charge in [-0.1, -0.05) is 6.92 Å². The molecule has 1 aliphatic rings. The summed E-state index contributed by atoms with van der Waals surface area (Å²) in [5.41, 5.74) is 1.88. The van der Waals surface area contributed by atoms with Crippen LogP contribution in [0.5, 0.6) is 0 Å². The van der Waals surface area contributed by atoms with Gasteiger partial charge in [-0.2, -0.15) is 0 Å². The third kappa shape index (κ3) is 2.53. The summed E-state index contributed by atoms with van der Waals surface area (Å²) < 4.78 is 1.95. The molecule has 1 atom stereocenters. The van der Waals surface area contributed by atoms with Gasteiger partial charge in [-0.25, -0.2) is 4.98 Å². The second-order valence-electron chi connectivity index (χ2n) is 5.62. The minimum atomic E-state index is -0.791. The van der Waals surface area contributed by atoms with Crippen molar-refractivity contribution in [2.75, 3.05) is 13.1 Å². The number of nitrogens with zero attached hydrogens (tertiary/aromatic N) is 3. The number of aryl methyl sites for hydroxylation is 1. The van der Waals surface area contributed by atoms with E-state index < -0.39 is 11.9 Å². The third-order valence-electron chi connectivity index (χ3n) is 4.10. The molecule has 1 unspecified atom stereocenters. The molecule has 3 rings (SSSR count). The van der Waals surface area contributed by atoms with Gasteiger partial charge in [0.25, 0.3) is 0 Å². The molecule has 0 aromatic carbocycles. The topological polar surface area (TPSA) is 74.9 Å². The highest BCUT2D eigenvalue weighted by Crippen LogP contribution is 2.25. The molecule has 0 radical (unpaired) electrons. The number of amides is 1. The standard InChI is InChI=1S/C14H17N3O3S/c1-8-4-17-11(7-21-14(17)15-8)3-12(18)16-5-10(6-16)9(2)13(19)20/h4,7,9-10H,3,5-6H2,1-2H3,(H,19,20). The van der Waals surface area contributed by atoms with Crippen LogP contribution in [-0.2, 0) is 16.0 Å². The first kappa shape index (κ1) is 14.1. The van der Waals surface area contributed by atoms with Gasteiger partial charge in [-0.05, 0) is 6.92 Å². The number of aromatic nitrogens is 2. The van der Waals surface area contributed by atoms with Crippen LogP contribution in [0.15, 0.2) is 11.6 Å². The van der Waals surface area contributed by atoms with Crippen LogP contribution in [0.3, 0.4) is 0 Å². The predicted molar refractivity (Wildman–Crippen MR) is 78.4 cm³/mol. The van der Waals surface area contributed by atoms with Gasteiger partial charge in [0.05, 0.1) is 18.0 Å². The minimum absolute atomic E-state index is 0.0508. The van der Waals surface area contributed by atoms with E-state index in [-0.39, 0.29) is 11.8 Å². The summed E-state index contributed by atoms with van der Waals surface area (Å²) in [7, 11) is 0. The summed E-state index contributed by atoms with van der Waals surface area (Å²) in [4.78, 5) is 30.1. The van der Waals surface area contributed by atoms with Crippen molar-refractivity contribution in [3.8, 4) is 0 Å². The summed E-state index contributed by atoms with van der Waals surface area (Å²) in [6.07, 6.45) is 2.27. The second-order valence-corrected chi connectivity index (χ2v) is 6.46. The molecular formula is C14H17N3O3S. The number of carboxylic acid groups (broad SMARTS) is 1. The first-order chi connectivity index (χ1) is 9.95. The molecule has 2 aromatic rings. The molecule has 0 aliphatic carbocycles. The first-order valence-corrected chi connectivity index (χ1v) is 7.76. The highest BCUT2D eigenvalue weighted by molar-refractivity contribution is 7.15. The number of imidazole rings is 1. The Kier molecular flexibility index (Phi) is 3.44. The van der Waals surface area contributed by atoms with E-state index in [1.807, 2.05) is 22.9 Å². The maximum atomic E-state index is 12.2. The molecule has 7 heteroatoms. The summed E-state index contributed by atoms with van der Waals surface area (Å²) in [6.45, 7) is 4.72. The Morgan fingerprint density at radius 1 is 1.52 bits per heavy atom. The lowest BCUT2D eigenvalue weighted by Crippen LogP contribution is -2.54. The molecule has 0 bridgehead atoms. The number of rotatable bonds is 4. The lowest BCUT2D eigenvalue weighted by Gasteiger charge is -2.41. The summed E-state index contributed by atoms with van der Waals surface area (Å²) in [5, 5.41) is 10.9. The molecule has 2 aromatic heterocycles. The van der Waals surface area contributed by atoms with E-state index >= 15 is 0 Å². The third-order valence-corrected chi connectivity index (χ3v) is 4.98. The van der Waals surface area contributed by atoms with Crippen molar-refractivity contribution in [2.24, 2.45) is 11.8 Å². The van der Waals surface area contributed by atoms with Crippen molar-refractivity contribution in [3.05, 3.63) is 23.0 Å². The van der Waals surface area contributed by atoms with E-state index in [1.54, 1.807) is 11.8 Å². The van der Waals surface area contributed by atoms with E-state index in [1.165, 1.54) is 11.3 Å². The van der Waals surface area contributed by atoms with Gasteiger partial charge in [0.15, 0.2) is 4.96 Å². The second kappa shape index (κ2) is 5.14. The quantitative estimate of drug-likeness (QED) is 0.927. The maximum absolute atomic E-state index is 12.2. The molecule has 112 valence electrons. The molecule has 1 N–H and O–H groups in total. The normalized spacial score (nSPS) is 17.0. The number of likely N-dealkylation sites (tertiary alicyclic amines) is 1. The fraction of sp³-hybridized carbons (Fsp3) is 0.500. The van der Waals surface area contributed by atoms with Gasteiger partial charge in [-0.3, -0.25) is 14.0 Å². The van der Waals surface area contributed by atoms with Crippen LogP contribution in [-0.4, -0.2) is 44.4 Å². The number of carboxylic acids is 1. The number of carbonyl (C=O) groups excluding carboxylic acids is 1. The number of hydrogen-bond donors (Lipinski definition) is 1. The maximum Gasteiger partial charge on any atom is 0.306 e. The van der Waals surface area contributed by atoms with Gasteiger partial charge < -0.3 is 10.0 Å². The number of hydrogen-bond acceptors (Lipinski definition) is 4. The molecule has 1 amide bonds. The minimum Gasteiger partial charge on any atom is -0.481 e. The number of thiazole rings is 1. The molecule has 0 spiro atoms. The summed E-state index contributed by atoms with van der Waals surface area (Å²) >= 11 is 1.53. The lowest BCUT2D eigenvalue weighted by atomic mass is 9.87. The fourth-order valence-electron chi connectivity index (χ4n) is 2.57. The molecular weight excluding hydrogens is 290 g/mol. The van der Waals surface area contributed by atoms with Gasteiger partial charge in [0, 0.05) is 36.3 Å². The van der Waals surface area contributed by atoms with Crippen LogP contribution in [0, 0.1) is 18.8 Å². The SMILES string of the molecule is Cc1cn2c(CC(=O)N3CC(C(C)C(=O)O)C3)csc2n1. The van der Waals surface area contributed by atoms with Gasteiger partial charge in [0.1, 0.15) is 0 Å². The Labute approximate surface area is 126 Å². The lowest BCUT2D eigenvalue weighted by molar-refractivity contribution is -0.150. The van der Waals surface area contributed by atoms with Crippen molar-refractivity contribution in [2.45, 2.75) is 20.3 Å². The first-order valence-electron chi connectivity index (χ1n) is 6.88. The zero-order valence-electron chi connectivity index (χ0n) is 11.9. The molecule has 1 fully saturated rings. The highest BCUT2D eigenvalue weighted by Gasteiger charge is 2.37. The largest absolute Gasteiger partial charge is 0.481 e. The van der Waals surface area contributed by atoms with Crippen LogP contribution >= 0.6 is 11.3 Å². The van der Waals surface area contributed by atoms with E-state index in [0.29, 0.717) is 19.5 Å². The van der Waals surface area contributed by atoms with Crippen molar-refractivity contribution in [1.82, 2.24) is 14.3 Å². The van der Waals surface area contributed by atoms with Crippen molar-refractivity contribution in [3.63, 3.8) is 0 Å². The average molecular weight is 307 g/mol. The fourth-order valence-corrected chi connectivity index (χ4v) is 3.49. The van der Waals surface area contributed by atoms with Crippen molar-refractivity contribution < 1.29 is 14.7 Å². The van der Waals surface area contributed by atoms with E-state index in [2.05, 4.69) is 4.98 Å². The van der Waals surface area contributed by atoms with E-state index in [4.69, 9.17) is 5.11 Å². The Balaban J connectivity index is 1.62. The summed E-state index contributed by atoms with van der Waals surface area (Å²) in [6, 6.07) is 0. The zero-order valence-corrected chi connectivity index (χ0v) is 12.8. The number of fused-ring (bicyclic) bond motifs is 1. The Morgan fingerprint density at radius 3 is 2.90 bits per heavy atom. The molecule has 1 aliphatic heterocycles.